The fraction of sp³-hybridized carbons (Fsp3) is 0.550. The SMILES string of the molecule is CCNC(=NCCc1ccccc1C)N1CCN(c2nc(CC)ns2)CC1.I. The van der Waals surface area contributed by atoms with E-state index in [1.165, 1.54) is 22.7 Å². The number of nitrogens with zero attached hydrogens (tertiary/aromatic N) is 5. The maximum Gasteiger partial charge on any atom is 0.205 e. The van der Waals surface area contributed by atoms with Crippen LogP contribution < -0.4 is 10.2 Å². The molecule has 1 aromatic heterocycles. The van der Waals surface area contributed by atoms with E-state index in [1.807, 2.05) is 0 Å². The second kappa shape index (κ2) is 11.5. The van der Waals surface area contributed by atoms with Gasteiger partial charge in [0, 0.05) is 57.2 Å². The number of halogens is 1. The molecule has 6 nitrogen and oxygen atoms in total. The van der Waals surface area contributed by atoms with Gasteiger partial charge in [0.15, 0.2) is 5.96 Å². The average molecular weight is 514 g/mol. The molecule has 2 heterocycles. The molecule has 1 aromatic carbocycles. The van der Waals surface area contributed by atoms with Gasteiger partial charge in [-0.05, 0) is 31.4 Å². The van der Waals surface area contributed by atoms with Crippen molar-refractivity contribution in [2.75, 3.05) is 44.2 Å². The van der Waals surface area contributed by atoms with Crippen molar-refractivity contribution in [3.63, 3.8) is 0 Å². The molecule has 0 aliphatic carbocycles. The Morgan fingerprint density at radius 1 is 1.18 bits per heavy atom. The summed E-state index contributed by atoms with van der Waals surface area (Å²) in [5.74, 6) is 1.97. The molecule has 0 bridgehead atoms. The molecule has 3 rings (SSSR count). The van der Waals surface area contributed by atoms with Gasteiger partial charge in [-0.25, -0.2) is 4.98 Å². The largest absolute Gasteiger partial charge is 0.357 e. The van der Waals surface area contributed by atoms with E-state index in [0.717, 1.165) is 69.0 Å². The molecular formula is C20H31IN6S. The molecule has 0 amide bonds. The van der Waals surface area contributed by atoms with Crippen molar-refractivity contribution in [1.29, 1.82) is 0 Å². The summed E-state index contributed by atoms with van der Waals surface area (Å²) in [6.07, 6.45) is 1.88. The molecule has 1 N–H and O–H groups in total. The molecule has 154 valence electrons. The molecule has 0 atom stereocenters. The monoisotopic (exact) mass is 514 g/mol. The van der Waals surface area contributed by atoms with Crippen molar-refractivity contribution < 1.29 is 0 Å². The summed E-state index contributed by atoms with van der Waals surface area (Å²) in [4.78, 5) is 14.2. The van der Waals surface area contributed by atoms with Crippen molar-refractivity contribution in [2.24, 2.45) is 4.99 Å². The number of aryl methyl sites for hydroxylation is 2. The standard InChI is InChI=1S/C20H30N6S.HI/c1-4-18-23-20(27-24-18)26-14-12-25(13-15-26)19(21-5-2)22-11-10-17-9-7-6-8-16(17)3;/h6-9H,4-5,10-15H2,1-3H3,(H,21,22);1H. The summed E-state index contributed by atoms with van der Waals surface area (Å²) in [5, 5.41) is 4.50. The van der Waals surface area contributed by atoms with Crippen LogP contribution in [0.2, 0.25) is 0 Å². The Morgan fingerprint density at radius 3 is 2.57 bits per heavy atom. The Morgan fingerprint density at radius 2 is 1.93 bits per heavy atom. The quantitative estimate of drug-likeness (QED) is 0.364. The minimum absolute atomic E-state index is 0. The lowest BCUT2D eigenvalue weighted by atomic mass is 10.1. The molecule has 0 unspecified atom stereocenters. The Hall–Kier alpha value is -1.42. The zero-order valence-corrected chi connectivity index (χ0v) is 20.2. The van der Waals surface area contributed by atoms with Crippen LogP contribution in [0.4, 0.5) is 5.13 Å². The van der Waals surface area contributed by atoms with Gasteiger partial charge in [-0.1, -0.05) is 31.2 Å². The minimum Gasteiger partial charge on any atom is -0.357 e. The zero-order valence-electron chi connectivity index (χ0n) is 17.0. The number of rotatable bonds is 6. The fourth-order valence-corrected chi connectivity index (χ4v) is 4.03. The molecule has 1 fully saturated rings. The lowest BCUT2D eigenvalue weighted by Crippen LogP contribution is -2.52. The first-order chi connectivity index (χ1) is 13.2. The highest BCUT2D eigenvalue weighted by molar-refractivity contribution is 14.0. The van der Waals surface area contributed by atoms with E-state index in [2.05, 4.69) is 69.5 Å². The second-order valence-electron chi connectivity index (χ2n) is 6.73. The van der Waals surface area contributed by atoms with Crippen molar-refractivity contribution in [3.8, 4) is 0 Å². The number of benzene rings is 1. The lowest BCUT2D eigenvalue weighted by molar-refractivity contribution is 0.372. The zero-order chi connectivity index (χ0) is 19.1. The van der Waals surface area contributed by atoms with Crippen LogP contribution in [0.1, 0.15) is 30.8 Å². The van der Waals surface area contributed by atoms with E-state index < -0.39 is 0 Å². The molecule has 2 aromatic rings. The van der Waals surface area contributed by atoms with Crippen molar-refractivity contribution in [1.82, 2.24) is 19.6 Å². The van der Waals surface area contributed by atoms with Crippen LogP contribution in [-0.2, 0) is 12.8 Å². The van der Waals surface area contributed by atoms with Gasteiger partial charge in [-0.2, -0.15) is 4.37 Å². The van der Waals surface area contributed by atoms with E-state index in [1.54, 1.807) is 0 Å². The van der Waals surface area contributed by atoms with Gasteiger partial charge in [-0.3, -0.25) is 4.99 Å². The number of aliphatic imine (C=N–C) groups is 1. The second-order valence-corrected chi connectivity index (χ2v) is 7.46. The molecule has 0 radical (unpaired) electrons. The molecule has 1 saturated heterocycles. The maximum absolute atomic E-state index is 4.88. The number of nitrogens with one attached hydrogen (secondary N) is 1. The molecule has 28 heavy (non-hydrogen) atoms. The predicted molar refractivity (Wildman–Crippen MR) is 129 cm³/mol. The molecular weight excluding hydrogens is 483 g/mol. The van der Waals surface area contributed by atoms with Gasteiger partial charge in [0.2, 0.25) is 5.13 Å². The first kappa shape index (κ1) is 22.9. The van der Waals surface area contributed by atoms with Crippen LogP contribution in [0.3, 0.4) is 0 Å². The summed E-state index contributed by atoms with van der Waals surface area (Å²) in [6.45, 7) is 11.9. The third-order valence-electron chi connectivity index (χ3n) is 4.86. The number of hydrogen-bond acceptors (Lipinski definition) is 5. The number of guanidine groups is 1. The number of hydrogen-bond donors (Lipinski definition) is 1. The highest BCUT2D eigenvalue weighted by Crippen LogP contribution is 2.19. The Balaban J connectivity index is 0.00000280. The van der Waals surface area contributed by atoms with Gasteiger partial charge in [0.25, 0.3) is 0 Å². The normalized spacial score (nSPS) is 14.8. The molecule has 0 spiro atoms. The minimum atomic E-state index is 0. The molecule has 8 heteroatoms. The number of piperazine rings is 1. The van der Waals surface area contributed by atoms with Crippen LogP contribution >= 0.6 is 35.5 Å². The van der Waals surface area contributed by atoms with Gasteiger partial charge >= 0.3 is 0 Å². The first-order valence-electron chi connectivity index (χ1n) is 9.86. The van der Waals surface area contributed by atoms with Crippen molar-refractivity contribution >= 4 is 46.6 Å². The fourth-order valence-electron chi connectivity index (χ4n) is 3.22. The smallest absolute Gasteiger partial charge is 0.205 e. The molecule has 1 aliphatic rings. The van der Waals surface area contributed by atoms with Crippen LogP contribution in [0.15, 0.2) is 29.3 Å². The van der Waals surface area contributed by atoms with Crippen molar-refractivity contribution in [3.05, 3.63) is 41.2 Å². The van der Waals surface area contributed by atoms with E-state index in [4.69, 9.17) is 4.99 Å². The van der Waals surface area contributed by atoms with E-state index in [0.29, 0.717) is 0 Å². The van der Waals surface area contributed by atoms with Crippen molar-refractivity contribution in [2.45, 2.75) is 33.6 Å². The third kappa shape index (κ3) is 6.04. The predicted octanol–water partition coefficient (Wildman–Crippen LogP) is 3.36. The van der Waals surface area contributed by atoms with E-state index >= 15 is 0 Å². The van der Waals surface area contributed by atoms with Gasteiger partial charge in [0.1, 0.15) is 5.82 Å². The summed E-state index contributed by atoms with van der Waals surface area (Å²) in [6, 6.07) is 8.56. The topological polar surface area (TPSA) is 56.7 Å². The summed E-state index contributed by atoms with van der Waals surface area (Å²) < 4.78 is 4.41. The Bertz CT molecular complexity index is 755. The molecule has 1 aliphatic heterocycles. The van der Waals surface area contributed by atoms with Gasteiger partial charge in [-0.15, -0.1) is 24.0 Å². The van der Waals surface area contributed by atoms with E-state index in [9.17, 15) is 0 Å². The van der Waals surface area contributed by atoms with Crippen LogP contribution in [-0.4, -0.2) is 59.5 Å². The van der Waals surface area contributed by atoms with Gasteiger partial charge < -0.3 is 15.1 Å². The van der Waals surface area contributed by atoms with Crippen LogP contribution in [0.25, 0.3) is 0 Å². The highest BCUT2D eigenvalue weighted by Gasteiger charge is 2.21. The van der Waals surface area contributed by atoms with Gasteiger partial charge in [0.05, 0.1) is 0 Å². The average Bonchev–Trinajstić information content (AvgIpc) is 3.18. The van der Waals surface area contributed by atoms with Crippen LogP contribution in [0, 0.1) is 6.92 Å². The highest BCUT2D eigenvalue weighted by atomic mass is 127. The summed E-state index contributed by atoms with van der Waals surface area (Å²) in [7, 11) is 0. The Labute approximate surface area is 189 Å². The molecule has 0 saturated carbocycles. The first-order valence-corrected chi connectivity index (χ1v) is 10.6. The maximum atomic E-state index is 4.88. The number of anilines is 1. The lowest BCUT2D eigenvalue weighted by Gasteiger charge is -2.36. The summed E-state index contributed by atoms with van der Waals surface area (Å²) >= 11 is 1.51. The van der Waals surface area contributed by atoms with Crippen LogP contribution in [0.5, 0.6) is 0 Å². The Kier molecular flexibility index (Phi) is 9.43. The van der Waals surface area contributed by atoms with E-state index in [-0.39, 0.29) is 24.0 Å². The number of aromatic nitrogens is 2. The third-order valence-corrected chi connectivity index (χ3v) is 5.68. The summed E-state index contributed by atoms with van der Waals surface area (Å²) in [5.41, 5.74) is 2.72.